The van der Waals surface area contributed by atoms with Gasteiger partial charge in [0, 0.05) is 26.5 Å². The van der Waals surface area contributed by atoms with Crippen LogP contribution in [0.2, 0.25) is 19.6 Å². The van der Waals surface area contributed by atoms with Crippen molar-refractivity contribution >= 4 is 30.9 Å². The second-order valence-corrected chi connectivity index (χ2v) is 14.7. The molecule has 2 aromatic rings. The molecule has 0 spiro atoms. The molecule has 2 amide bonds. The molecule has 0 radical (unpaired) electrons. The van der Waals surface area contributed by atoms with Crippen LogP contribution in [0.3, 0.4) is 0 Å². The second kappa shape index (κ2) is 10.8. The number of Topliss-reactive ketones (excluding diaryl/α,β-unsaturated/α-hetero) is 1. The number of amides is 2. The standard InChI is InChI=1S/C26H31N3O4Si/c1-33-16-17-5-8-19(9-6-17)25(29-26(32)21-13-24(31)28-15-21)22(30)12-18-7-10-23(34(2,3)4)20(11-18)14-27/h5-11,21,25H,12-13,15-16H2,1-4H3,(H,28,31)(H,29,32). The van der Waals surface area contributed by atoms with Gasteiger partial charge in [-0.25, -0.2) is 0 Å². The van der Waals surface area contributed by atoms with E-state index in [1.54, 1.807) is 13.2 Å². The molecule has 0 aromatic heterocycles. The highest BCUT2D eigenvalue weighted by Gasteiger charge is 2.31. The lowest BCUT2D eigenvalue weighted by molar-refractivity contribution is -0.130. The smallest absolute Gasteiger partial charge is 0.226 e. The van der Waals surface area contributed by atoms with Gasteiger partial charge in [-0.1, -0.05) is 56.0 Å². The van der Waals surface area contributed by atoms with Gasteiger partial charge in [0.25, 0.3) is 0 Å². The van der Waals surface area contributed by atoms with Gasteiger partial charge in [0.05, 0.1) is 32.2 Å². The Morgan fingerprint density at radius 1 is 1.18 bits per heavy atom. The number of ether oxygens (including phenoxy) is 1. The van der Waals surface area contributed by atoms with Gasteiger partial charge in [-0.2, -0.15) is 5.26 Å². The van der Waals surface area contributed by atoms with E-state index in [2.05, 4.69) is 36.3 Å². The van der Waals surface area contributed by atoms with Gasteiger partial charge < -0.3 is 15.4 Å². The SMILES string of the molecule is COCc1ccc(C(NC(=O)C2CNC(=O)C2)C(=O)Cc2ccc([Si](C)(C)C)c(C#N)c2)cc1. The van der Waals surface area contributed by atoms with E-state index in [0.29, 0.717) is 17.7 Å². The van der Waals surface area contributed by atoms with Gasteiger partial charge in [0.1, 0.15) is 6.04 Å². The van der Waals surface area contributed by atoms with Gasteiger partial charge >= 0.3 is 0 Å². The molecule has 1 aliphatic rings. The number of methoxy groups -OCH3 is 1. The van der Waals surface area contributed by atoms with Crippen LogP contribution in [0.1, 0.15) is 34.7 Å². The number of nitrogens with zero attached hydrogens (tertiary/aromatic N) is 1. The predicted molar refractivity (Wildman–Crippen MR) is 132 cm³/mol. The van der Waals surface area contributed by atoms with Gasteiger partial charge in [-0.3, -0.25) is 14.4 Å². The van der Waals surface area contributed by atoms with Crippen molar-refractivity contribution in [1.82, 2.24) is 10.6 Å². The summed E-state index contributed by atoms with van der Waals surface area (Å²) in [5.74, 6) is -1.19. The third-order valence-corrected chi connectivity index (χ3v) is 8.02. The fourth-order valence-electron chi connectivity index (χ4n) is 4.12. The summed E-state index contributed by atoms with van der Waals surface area (Å²) in [4.78, 5) is 37.8. The van der Waals surface area contributed by atoms with Gasteiger partial charge in [0.2, 0.25) is 11.8 Å². The Kier molecular flexibility index (Phi) is 8.02. The van der Waals surface area contributed by atoms with Crippen molar-refractivity contribution in [2.75, 3.05) is 13.7 Å². The molecule has 1 fully saturated rings. The van der Waals surface area contributed by atoms with Crippen LogP contribution in [0, 0.1) is 17.2 Å². The normalized spacial score (nSPS) is 16.4. The maximum absolute atomic E-state index is 13.4. The largest absolute Gasteiger partial charge is 0.380 e. The summed E-state index contributed by atoms with van der Waals surface area (Å²) in [5.41, 5.74) is 2.95. The van der Waals surface area contributed by atoms with Crippen LogP contribution in [0.4, 0.5) is 0 Å². The van der Waals surface area contributed by atoms with Crippen LogP contribution in [0.5, 0.6) is 0 Å². The third-order valence-electron chi connectivity index (χ3n) is 5.97. The molecule has 2 N–H and O–H groups in total. The average molecular weight is 478 g/mol. The Morgan fingerprint density at radius 2 is 1.85 bits per heavy atom. The lowest BCUT2D eigenvalue weighted by Crippen LogP contribution is -2.40. The Labute approximate surface area is 201 Å². The van der Waals surface area contributed by atoms with E-state index in [1.165, 1.54) is 0 Å². The first-order chi connectivity index (χ1) is 16.1. The van der Waals surface area contributed by atoms with Gasteiger partial charge in [0.15, 0.2) is 5.78 Å². The fourth-order valence-corrected chi connectivity index (χ4v) is 5.64. The van der Waals surface area contributed by atoms with E-state index < -0.39 is 20.0 Å². The predicted octanol–water partition coefficient (Wildman–Crippen LogP) is 2.36. The number of ketones is 1. The highest BCUT2D eigenvalue weighted by molar-refractivity contribution is 6.89. The van der Waals surface area contributed by atoms with Crippen LogP contribution in [-0.4, -0.2) is 39.3 Å². The number of hydrogen-bond donors (Lipinski definition) is 2. The Hall–Kier alpha value is -3.28. The molecule has 2 unspecified atom stereocenters. The van der Waals surface area contributed by atoms with E-state index in [4.69, 9.17) is 4.74 Å². The molecule has 0 bridgehead atoms. The molecule has 0 saturated carbocycles. The van der Waals surface area contributed by atoms with Crippen molar-refractivity contribution in [2.24, 2.45) is 5.92 Å². The highest BCUT2D eigenvalue weighted by atomic mass is 28.3. The van der Waals surface area contributed by atoms with E-state index in [-0.39, 0.29) is 37.0 Å². The first-order valence-corrected chi connectivity index (χ1v) is 14.8. The van der Waals surface area contributed by atoms with Crippen LogP contribution in [0.25, 0.3) is 0 Å². The van der Waals surface area contributed by atoms with Crippen LogP contribution in [-0.2, 0) is 32.1 Å². The first-order valence-electron chi connectivity index (χ1n) is 11.3. The molecular weight excluding hydrogens is 446 g/mol. The summed E-state index contributed by atoms with van der Waals surface area (Å²) < 4.78 is 5.15. The number of hydrogen-bond acceptors (Lipinski definition) is 5. The summed E-state index contributed by atoms with van der Waals surface area (Å²) in [7, 11) is -0.0878. The minimum atomic E-state index is -1.70. The Balaban J connectivity index is 1.86. The van der Waals surface area contributed by atoms with Gasteiger partial charge in [-0.15, -0.1) is 0 Å². The average Bonchev–Trinajstić information content (AvgIpc) is 3.23. The van der Waals surface area contributed by atoms with E-state index >= 15 is 0 Å². The van der Waals surface area contributed by atoms with Crippen molar-refractivity contribution in [3.63, 3.8) is 0 Å². The zero-order valence-electron chi connectivity index (χ0n) is 20.1. The van der Waals surface area contributed by atoms with E-state index in [0.717, 1.165) is 16.3 Å². The molecule has 7 nitrogen and oxygen atoms in total. The van der Waals surface area contributed by atoms with Crippen molar-refractivity contribution in [3.8, 4) is 6.07 Å². The first kappa shape index (κ1) is 25.3. The summed E-state index contributed by atoms with van der Waals surface area (Å²) in [6.45, 7) is 7.24. The number of nitriles is 1. The number of carbonyl (C=O) groups is 3. The number of rotatable bonds is 9. The van der Waals surface area contributed by atoms with Crippen molar-refractivity contribution in [2.45, 2.75) is 45.1 Å². The zero-order chi connectivity index (χ0) is 24.9. The summed E-state index contributed by atoms with van der Waals surface area (Å²) in [6.07, 6.45) is 0.191. The molecule has 1 aliphatic heterocycles. The molecule has 178 valence electrons. The second-order valence-electron chi connectivity index (χ2n) is 9.71. The molecule has 2 atom stereocenters. The minimum absolute atomic E-state index is 0.0767. The molecule has 1 saturated heterocycles. The fraction of sp³-hybridized carbons (Fsp3) is 0.385. The molecule has 1 heterocycles. The summed E-state index contributed by atoms with van der Waals surface area (Å²) >= 11 is 0. The lowest BCUT2D eigenvalue weighted by Gasteiger charge is -2.21. The number of benzene rings is 2. The number of nitrogens with one attached hydrogen (secondary N) is 2. The van der Waals surface area contributed by atoms with Crippen LogP contribution in [0.15, 0.2) is 42.5 Å². The van der Waals surface area contributed by atoms with Gasteiger partial charge in [-0.05, 0) is 27.9 Å². The monoisotopic (exact) mass is 477 g/mol. The Bertz CT molecular complexity index is 1120. The minimum Gasteiger partial charge on any atom is -0.380 e. The third kappa shape index (κ3) is 6.19. The lowest BCUT2D eigenvalue weighted by atomic mass is 9.95. The summed E-state index contributed by atoms with van der Waals surface area (Å²) in [5, 5.41) is 16.2. The van der Waals surface area contributed by atoms with Crippen molar-refractivity contribution in [3.05, 3.63) is 64.7 Å². The maximum atomic E-state index is 13.4. The maximum Gasteiger partial charge on any atom is 0.226 e. The van der Waals surface area contributed by atoms with E-state index in [9.17, 15) is 19.6 Å². The van der Waals surface area contributed by atoms with Crippen LogP contribution < -0.4 is 15.8 Å². The number of carbonyl (C=O) groups excluding carboxylic acids is 3. The van der Waals surface area contributed by atoms with Crippen molar-refractivity contribution < 1.29 is 19.1 Å². The van der Waals surface area contributed by atoms with Crippen molar-refractivity contribution in [1.29, 1.82) is 5.26 Å². The molecule has 3 rings (SSSR count). The Morgan fingerprint density at radius 3 is 2.41 bits per heavy atom. The molecule has 0 aliphatic carbocycles. The molecule has 8 heteroatoms. The topological polar surface area (TPSA) is 108 Å². The molecule has 34 heavy (non-hydrogen) atoms. The molecule has 2 aromatic carbocycles. The van der Waals surface area contributed by atoms with E-state index in [1.807, 2.05) is 36.4 Å². The zero-order valence-corrected chi connectivity index (χ0v) is 21.1. The quantitative estimate of drug-likeness (QED) is 0.539. The van der Waals surface area contributed by atoms with Crippen LogP contribution >= 0.6 is 0 Å². The summed E-state index contributed by atoms with van der Waals surface area (Å²) in [6, 6.07) is 14.4. The molecular formula is C26H31N3O4Si. The highest BCUT2D eigenvalue weighted by Crippen LogP contribution is 2.21.